The standard InChI is InChI=1S/C25H31N5O3/c1-30(2)23-19-7-5-6-8-20(19)28-25(29-23)26-17-11-9-16(10-12-17)24(31)27-21-14-13-18(32-3)15-22(21)33-4/h5-8,13-17H,9-12H2,1-4H3,(H,27,31)(H,26,28,29). The number of hydrogen-bond donors (Lipinski definition) is 2. The third kappa shape index (κ3) is 5.10. The van der Waals surface area contributed by atoms with E-state index in [2.05, 4.69) is 10.6 Å². The van der Waals surface area contributed by atoms with Crippen molar-refractivity contribution >= 4 is 34.3 Å². The van der Waals surface area contributed by atoms with Crippen LogP contribution in [0.4, 0.5) is 17.5 Å². The van der Waals surface area contributed by atoms with Gasteiger partial charge in [0.05, 0.1) is 25.4 Å². The summed E-state index contributed by atoms with van der Waals surface area (Å²) < 4.78 is 10.6. The number of methoxy groups -OCH3 is 2. The van der Waals surface area contributed by atoms with E-state index in [0.717, 1.165) is 42.4 Å². The van der Waals surface area contributed by atoms with Crippen LogP contribution in [0.5, 0.6) is 11.5 Å². The third-order valence-electron chi connectivity index (χ3n) is 6.10. The molecular formula is C25H31N5O3. The maximum absolute atomic E-state index is 12.9. The van der Waals surface area contributed by atoms with Crippen LogP contribution in [0.1, 0.15) is 25.7 Å². The van der Waals surface area contributed by atoms with Crippen molar-refractivity contribution in [2.24, 2.45) is 5.92 Å². The van der Waals surface area contributed by atoms with Crippen LogP contribution in [0.3, 0.4) is 0 Å². The smallest absolute Gasteiger partial charge is 0.227 e. The molecule has 1 aliphatic carbocycles. The lowest BCUT2D eigenvalue weighted by Crippen LogP contribution is -2.32. The van der Waals surface area contributed by atoms with Crippen molar-refractivity contribution in [3.8, 4) is 11.5 Å². The highest BCUT2D eigenvalue weighted by Crippen LogP contribution is 2.32. The number of aromatic nitrogens is 2. The van der Waals surface area contributed by atoms with Gasteiger partial charge in [0.15, 0.2) is 0 Å². The summed E-state index contributed by atoms with van der Waals surface area (Å²) in [6, 6.07) is 13.6. The van der Waals surface area contributed by atoms with Gasteiger partial charge in [-0.2, -0.15) is 4.98 Å². The molecule has 1 aliphatic rings. The third-order valence-corrected chi connectivity index (χ3v) is 6.10. The Labute approximate surface area is 194 Å². The number of amides is 1. The molecule has 1 fully saturated rings. The minimum atomic E-state index is -0.0373. The van der Waals surface area contributed by atoms with Crippen molar-refractivity contribution in [2.45, 2.75) is 31.7 Å². The Morgan fingerprint density at radius 3 is 2.45 bits per heavy atom. The zero-order valence-electron chi connectivity index (χ0n) is 19.6. The SMILES string of the molecule is COc1ccc(NC(=O)C2CCC(Nc3nc(N(C)C)c4ccccc4n3)CC2)c(OC)c1. The second-order valence-electron chi connectivity index (χ2n) is 8.53. The predicted molar refractivity (Wildman–Crippen MR) is 131 cm³/mol. The van der Waals surface area contributed by atoms with Crippen molar-refractivity contribution in [3.63, 3.8) is 0 Å². The van der Waals surface area contributed by atoms with Gasteiger partial charge in [0.1, 0.15) is 17.3 Å². The fraction of sp³-hybridized carbons (Fsp3) is 0.400. The number of ether oxygens (including phenoxy) is 2. The van der Waals surface area contributed by atoms with E-state index in [0.29, 0.717) is 23.1 Å². The monoisotopic (exact) mass is 449 g/mol. The first-order valence-electron chi connectivity index (χ1n) is 11.2. The summed E-state index contributed by atoms with van der Waals surface area (Å²) >= 11 is 0. The van der Waals surface area contributed by atoms with Crippen LogP contribution in [-0.2, 0) is 4.79 Å². The highest BCUT2D eigenvalue weighted by Gasteiger charge is 2.27. The van der Waals surface area contributed by atoms with E-state index in [9.17, 15) is 4.79 Å². The van der Waals surface area contributed by atoms with Crippen molar-refractivity contribution in [1.29, 1.82) is 0 Å². The molecule has 1 saturated carbocycles. The van der Waals surface area contributed by atoms with Gasteiger partial charge in [0, 0.05) is 37.5 Å². The number of rotatable bonds is 7. The van der Waals surface area contributed by atoms with Gasteiger partial charge in [-0.1, -0.05) is 12.1 Å². The number of hydrogen-bond acceptors (Lipinski definition) is 7. The maximum Gasteiger partial charge on any atom is 0.227 e. The van der Waals surface area contributed by atoms with Crippen molar-refractivity contribution < 1.29 is 14.3 Å². The van der Waals surface area contributed by atoms with Gasteiger partial charge in [-0.15, -0.1) is 0 Å². The molecule has 1 aromatic heterocycles. The average molecular weight is 450 g/mol. The highest BCUT2D eigenvalue weighted by molar-refractivity contribution is 5.94. The van der Waals surface area contributed by atoms with E-state index in [4.69, 9.17) is 19.4 Å². The van der Waals surface area contributed by atoms with Gasteiger partial charge in [-0.3, -0.25) is 4.79 Å². The molecule has 1 heterocycles. The van der Waals surface area contributed by atoms with E-state index in [-0.39, 0.29) is 17.9 Å². The van der Waals surface area contributed by atoms with Crippen LogP contribution in [0.25, 0.3) is 10.9 Å². The number of anilines is 3. The van der Waals surface area contributed by atoms with Gasteiger partial charge in [0.25, 0.3) is 0 Å². The minimum Gasteiger partial charge on any atom is -0.497 e. The van der Waals surface area contributed by atoms with Crippen molar-refractivity contribution in [2.75, 3.05) is 43.8 Å². The first kappa shape index (κ1) is 22.6. The normalized spacial score (nSPS) is 17.9. The molecule has 0 radical (unpaired) electrons. The topological polar surface area (TPSA) is 88.6 Å². The van der Waals surface area contributed by atoms with E-state index >= 15 is 0 Å². The highest BCUT2D eigenvalue weighted by atomic mass is 16.5. The molecule has 1 amide bonds. The number of carbonyl (C=O) groups excluding carboxylic acids is 1. The van der Waals surface area contributed by atoms with Crippen LogP contribution < -0.4 is 25.0 Å². The van der Waals surface area contributed by atoms with Crippen LogP contribution in [0, 0.1) is 5.92 Å². The molecule has 174 valence electrons. The van der Waals surface area contributed by atoms with Gasteiger partial charge < -0.3 is 25.0 Å². The van der Waals surface area contributed by atoms with Crippen LogP contribution in [-0.4, -0.2) is 50.2 Å². The van der Waals surface area contributed by atoms with E-state index in [1.54, 1.807) is 20.3 Å². The molecular weight excluding hydrogens is 418 g/mol. The Morgan fingerprint density at radius 2 is 1.76 bits per heavy atom. The zero-order valence-corrected chi connectivity index (χ0v) is 19.6. The molecule has 3 aromatic rings. The lowest BCUT2D eigenvalue weighted by Gasteiger charge is -2.29. The lowest BCUT2D eigenvalue weighted by atomic mass is 9.85. The molecule has 0 spiro atoms. The van der Waals surface area contributed by atoms with E-state index in [1.807, 2.05) is 55.4 Å². The molecule has 0 saturated heterocycles. The number of benzene rings is 2. The van der Waals surface area contributed by atoms with Crippen LogP contribution >= 0.6 is 0 Å². The maximum atomic E-state index is 12.9. The largest absolute Gasteiger partial charge is 0.497 e. The molecule has 2 aromatic carbocycles. The molecule has 2 N–H and O–H groups in total. The van der Waals surface area contributed by atoms with Gasteiger partial charge in [0.2, 0.25) is 11.9 Å². The first-order valence-corrected chi connectivity index (χ1v) is 11.2. The van der Waals surface area contributed by atoms with Gasteiger partial charge in [-0.25, -0.2) is 4.98 Å². The molecule has 0 aliphatic heterocycles. The summed E-state index contributed by atoms with van der Waals surface area (Å²) in [5, 5.41) is 7.54. The molecule has 33 heavy (non-hydrogen) atoms. The Hall–Kier alpha value is -3.55. The first-order chi connectivity index (χ1) is 16.0. The summed E-state index contributed by atoms with van der Waals surface area (Å²) in [5.41, 5.74) is 1.57. The Bertz CT molecular complexity index is 1130. The lowest BCUT2D eigenvalue weighted by molar-refractivity contribution is -0.120. The van der Waals surface area contributed by atoms with Crippen molar-refractivity contribution in [3.05, 3.63) is 42.5 Å². The molecule has 4 rings (SSSR count). The average Bonchev–Trinajstić information content (AvgIpc) is 2.84. The molecule has 0 bridgehead atoms. The fourth-order valence-electron chi connectivity index (χ4n) is 4.28. The quantitative estimate of drug-likeness (QED) is 0.555. The van der Waals surface area contributed by atoms with Gasteiger partial charge in [-0.05, 0) is 49.9 Å². The number of carbonyl (C=O) groups is 1. The van der Waals surface area contributed by atoms with E-state index < -0.39 is 0 Å². The van der Waals surface area contributed by atoms with Crippen LogP contribution in [0.2, 0.25) is 0 Å². The predicted octanol–water partition coefficient (Wildman–Crippen LogP) is 4.32. The van der Waals surface area contributed by atoms with Crippen molar-refractivity contribution in [1.82, 2.24) is 9.97 Å². The molecule has 8 nitrogen and oxygen atoms in total. The summed E-state index contributed by atoms with van der Waals surface area (Å²) in [6.45, 7) is 0. The Balaban J connectivity index is 1.38. The number of nitrogens with zero attached hydrogens (tertiary/aromatic N) is 3. The molecule has 0 atom stereocenters. The Kier molecular flexibility index (Phi) is 6.82. The van der Waals surface area contributed by atoms with E-state index in [1.165, 1.54) is 0 Å². The molecule has 0 unspecified atom stereocenters. The summed E-state index contributed by atoms with van der Waals surface area (Å²) in [5.74, 6) is 2.78. The van der Waals surface area contributed by atoms with Crippen LogP contribution in [0.15, 0.2) is 42.5 Å². The van der Waals surface area contributed by atoms with Gasteiger partial charge >= 0.3 is 0 Å². The fourth-order valence-corrected chi connectivity index (χ4v) is 4.28. The molecule has 8 heteroatoms. The second-order valence-corrected chi connectivity index (χ2v) is 8.53. The Morgan fingerprint density at radius 1 is 1.00 bits per heavy atom. The minimum absolute atomic E-state index is 0.0220. The number of fused-ring (bicyclic) bond motifs is 1. The summed E-state index contributed by atoms with van der Waals surface area (Å²) in [4.78, 5) is 24.3. The zero-order chi connectivity index (χ0) is 23.4. The second kappa shape index (κ2) is 9.94. The summed E-state index contributed by atoms with van der Waals surface area (Å²) in [6.07, 6.45) is 3.36. The summed E-state index contributed by atoms with van der Waals surface area (Å²) in [7, 11) is 7.15. The number of nitrogens with one attached hydrogen (secondary N) is 2. The number of para-hydroxylation sites is 1.